The number of rotatable bonds is 8. The lowest BCUT2D eigenvalue weighted by atomic mass is 9.86. The molecule has 1 atom stereocenters. The highest BCUT2D eigenvalue weighted by atomic mass is 19.1. The van der Waals surface area contributed by atoms with E-state index in [4.69, 9.17) is 4.74 Å². The van der Waals surface area contributed by atoms with Crippen molar-refractivity contribution >= 4 is 22.8 Å². The summed E-state index contributed by atoms with van der Waals surface area (Å²) in [6.07, 6.45) is 3.77. The molecule has 5 rings (SSSR count). The second-order valence-electron chi connectivity index (χ2n) is 10.4. The number of aromatic nitrogens is 1. The maximum absolute atomic E-state index is 13.7. The molecule has 4 aromatic rings. The number of ether oxygens (including phenoxy) is 1. The number of hydrogen-bond donors (Lipinski definition) is 0. The Kier molecular flexibility index (Phi) is 8.10. The van der Waals surface area contributed by atoms with Crippen molar-refractivity contribution in [2.24, 2.45) is 5.92 Å². The van der Waals surface area contributed by atoms with E-state index in [2.05, 4.69) is 48.0 Å². The lowest BCUT2D eigenvalue weighted by Gasteiger charge is -2.32. The molecule has 1 aliphatic heterocycles. The van der Waals surface area contributed by atoms with Crippen molar-refractivity contribution in [3.05, 3.63) is 107 Å². The first-order valence-corrected chi connectivity index (χ1v) is 13.8. The Labute approximate surface area is 229 Å². The van der Waals surface area contributed by atoms with Crippen LogP contribution in [-0.4, -0.2) is 41.0 Å². The van der Waals surface area contributed by atoms with E-state index in [1.54, 1.807) is 0 Å². The van der Waals surface area contributed by atoms with E-state index in [-0.39, 0.29) is 29.5 Å². The van der Waals surface area contributed by atoms with Gasteiger partial charge in [0.25, 0.3) is 0 Å². The topological polar surface area (TPSA) is 51.5 Å². The van der Waals surface area contributed by atoms with Crippen LogP contribution in [0.25, 0.3) is 10.9 Å². The molecule has 0 bridgehead atoms. The van der Waals surface area contributed by atoms with Crippen LogP contribution in [-0.2, 0) is 20.9 Å². The van der Waals surface area contributed by atoms with Crippen molar-refractivity contribution in [1.82, 2.24) is 9.47 Å². The number of hydrogen-bond acceptors (Lipinski definition) is 3. The van der Waals surface area contributed by atoms with Gasteiger partial charge in [0, 0.05) is 49.1 Å². The lowest BCUT2D eigenvalue weighted by molar-refractivity contribution is -0.151. The Bertz CT molecular complexity index is 1450. The second-order valence-corrected chi connectivity index (χ2v) is 10.4. The minimum Gasteiger partial charge on any atom is -0.466 e. The zero-order chi connectivity index (χ0) is 27.4. The van der Waals surface area contributed by atoms with Gasteiger partial charge in [-0.1, -0.05) is 60.2 Å². The van der Waals surface area contributed by atoms with Gasteiger partial charge in [0.15, 0.2) is 0 Å². The van der Waals surface area contributed by atoms with Crippen molar-refractivity contribution in [3.8, 4) is 0 Å². The van der Waals surface area contributed by atoms with E-state index in [0.29, 0.717) is 45.5 Å². The Morgan fingerprint density at radius 3 is 2.46 bits per heavy atom. The van der Waals surface area contributed by atoms with Gasteiger partial charge in [-0.25, -0.2) is 4.39 Å². The molecule has 0 saturated carbocycles. The van der Waals surface area contributed by atoms with Crippen LogP contribution < -0.4 is 0 Å². The monoisotopic (exact) mass is 526 g/mol. The normalized spacial score (nSPS) is 14.9. The summed E-state index contributed by atoms with van der Waals surface area (Å²) in [5, 5.41) is 1.11. The Hall–Kier alpha value is -3.93. The molecule has 0 aliphatic carbocycles. The molecular weight excluding hydrogens is 491 g/mol. The zero-order valence-electron chi connectivity index (χ0n) is 22.6. The van der Waals surface area contributed by atoms with Gasteiger partial charge >= 0.3 is 5.97 Å². The summed E-state index contributed by atoms with van der Waals surface area (Å²) in [5.41, 5.74) is 5.45. The number of para-hydroxylation sites is 1. The van der Waals surface area contributed by atoms with E-state index < -0.39 is 0 Å². The SMILES string of the molecule is CCOC(=O)C1CCN(C(=O)C[C@@H](c2cccc(C)c2)c2cn(Cc3ccc(F)cc3)c3ccccc23)CC1. The highest BCUT2D eigenvalue weighted by molar-refractivity contribution is 5.87. The van der Waals surface area contributed by atoms with E-state index in [9.17, 15) is 14.0 Å². The van der Waals surface area contributed by atoms with Crippen molar-refractivity contribution in [2.75, 3.05) is 19.7 Å². The highest BCUT2D eigenvalue weighted by Gasteiger charge is 2.30. The lowest BCUT2D eigenvalue weighted by Crippen LogP contribution is -2.41. The molecule has 6 heteroatoms. The molecule has 0 radical (unpaired) electrons. The molecule has 1 aromatic heterocycles. The first-order valence-electron chi connectivity index (χ1n) is 13.8. The Morgan fingerprint density at radius 2 is 1.74 bits per heavy atom. The molecular formula is C33H35FN2O3. The summed E-state index contributed by atoms with van der Waals surface area (Å²) >= 11 is 0. The van der Waals surface area contributed by atoms with Gasteiger partial charge in [0.05, 0.1) is 12.5 Å². The summed E-state index contributed by atoms with van der Waals surface area (Å²) in [5.74, 6) is -0.568. The number of esters is 1. The number of amides is 1. The number of likely N-dealkylation sites (tertiary alicyclic amines) is 1. The number of nitrogens with zero attached hydrogens (tertiary/aromatic N) is 2. The van der Waals surface area contributed by atoms with E-state index in [0.717, 1.165) is 33.2 Å². The summed E-state index contributed by atoms with van der Waals surface area (Å²) in [6.45, 7) is 6.00. The number of benzene rings is 3. The summed E-state index contributed by atoms with van der Waals surface area (Å²) in [4.78, 5) is 27.8. The summed E-state index contributed by atoms with van der Waals surface area (Å²) < 4.78 is 20.9. The molecule has 3 aromatic carbocycles. The van der Waals surface area contributed by atoms with Gasteiger partial charge in [0.2, 0.25) is 5.91 Å². The first kappa shape index (κ1) is 26.7. The Balaban J connectivity index is 1.45. The average Bonchev–Trinajstić information content (AvgIpc) is 3.31. The molecule has 0 N–H and O–H groups in total. The molecule has 1 amide bonds. The predicted molar refractivity (Wildman–Crippen MR) is 151 cm³/mol. The number of carbonyl (C=O) groups excluding carboxylic acids is 2. The van der Waals surface area contributed by atoms with E-state index in [1.807, 2.05) is 42.2 Å². The fraction of sp³-hybridized carbons (Fsp3) is 0.333. The number of piperidine rings is 1. The van der Waals surface area contributed by atoms with Gasteiger partial charge in [0.1, 0.15) is 5.82 Å². The standard InChI is InChI=1S/C33H35FN2O3/c1-3-39-33(38)25-15-17-35(18-16-25)32(37)20-29(26-8-6-7-23(2)19-26)30-22-36(31-10-5-4-9-28(30)31)21-24-11-13-27(34)14-12-24/h4-14,19,22,25,29H,3,15-18,20-21H2,1-2H3/t29-/m0/s1. The van der Waals surface area contributed by atoms with Crippen LogP contribution in [0.1, 0.15) is 54.4 Å². The molecule has 1 fully saturated rings. The third kappa shape index (κ3) is 6.06. The maximum atomic E-state index is 13.7. The van der Waals surface area contributed by atoms with Crippen LogP contribution in [0.4, 0.5) is 4.39 Å². The van der Waals surface area contributed by atoms with Crippen LogP contribution in [0.5, 0.6) is 0 Å². The molecule has 5 nitrogen and oxygen atoms in total. The number of fused-ring (bicyclic) bond motifs is 1. The molecule has 1 aliphatic rings. The third-order valence-electron chi connectivity index (χ3n) is 7.75. The first-order chi connectivity index (χ1) is 18.9. The van der Waals surface area contributed by atoms with Crippen molar-refractivity contribution in [1.29, 1.82) is 0 Å². The number of carbonyl (C=O) groups is 2. The molecule has 0 spiro atoms. The highest BCUT2D eigenvalue weighted by Crippen LogP contribution is 2.36. The molecule has 0 unspecified atom stereocenters. The van der Waals surface area contributed by atoms with Crippen molar-refractivity contribution < 1.29 is 18.7 Å². The minimum absolute atomic E-state index is 0.0965. The molecule has 39 heavy (non-hydrogen) atoms. The summed E-state index contributed by atoms with van der Waals surface area (Å²) in [6, 6.07) is 23.2. The van der Waals surface area contributed by atoms with Gasteiger partial charge in [-0.2, -0.15) is 0 Å². The predicted octanol–water partition coefficient (Wildman–Crippen LogP) is 6.46. The van der Waals surface area contributed by atoms with Crippen molar-refractivity contribution in [2.45, 2.75) is 45.6 Å². The van der Waals surface area contributed by atoms with Gasteiger partial charge < -0.3 is 14.2 Å². The van der Waals surface area contributed by atoms with Gasteiger partial charge in [-0.3, -0.25) is 9.59 Å². The minimum atomic E-state index is -0.249. The fourth-order valence-electron chi connectivity index (χ4n) is 5.69. The quantitative estimate of drug-likeness (QED) is 0.248. The van der Waals surface area contributed by atoms with E-state index in [1.165, 1.54) is 12.1 Å². The van der Waals surface area contributed by atoms with Gasteiger partial charge in [-0.15, -0.1) is 0 Å². The van der Waals surface area contributed by atoms with E-state index >= 15 is 0 Å². The fourth-order valence-corrected chi connectivity index (χ4v) is 5.69. The zero-order valence-corrected chi connectivity index (χ0v) is 22.6. The van der Waals surface area contributed by atoms with Crippen molar-refractivity contribution in [3.63, 3.8) is 0 Å². The van der Waals surface area contributed by atoms with Gasteiger partial charge in [-0.05, 0) is 61.6 Å². The third-order valence-corrected chi connectivity index (χ3v) is 7.75. The summed E-state index contributed by atoms with van der Waals surface area (Å²) in [7, 11) is 0. The van der Waals surface area contributed by atoms with Crippen LogP contribution in [0.3, 0.4) is 0 Å². The second kappa shape index (κ2) is 11.9. The number of aryl methyl sites for hydroxylation is 1. The maximum Gasteiger partial charge on any atom is 0.309 e. The Morgan fingerprint density at radius 1 is 1.00 bits per heavy atom. The molecule has 1 saturated heterocycles. The number of halogens is 1. The largest absolute Gasteiger partial charge is 0.466 e. The van der Waals surface area contributed by atoms with Crippen LogP contribution >= 0.6 is 0 Å². The smallest absolute Gasteiger partial charge is 0.309 e. The molecule has 202 valence electrons. The average molecular weight is 527 g/mol. The van der Waals surface area contributed by atoms with Crippen LogP contribution in [0, 0.1) is 18.7 Å². The van der Waals surface area contributed by atoms with Crippen LogP contribution in [0.2, 0.25) is 0 Å². The van der Waals surface area contributed by atoms with Crippen LogP contribution in [0.15, 0.2) is 79.0 Å². The molecule has 2 heterocycles.